The Labute approximate surface area is 127 Å². The van der Waals surface area contributed by atoms with Crippen LogP contribution in [0.5, 0.6) is 0 Å². The predicted octanol–water partition coefficient (Wildman–Crippen LogP) is 0.485. The van der Waals surface area contributed by atoms with Crippen molar-refractivity contribution in [3.05, 3.63) is 33.2 Å². The van der Waals surface area contributed by atoms with Crippen molar-refractivity contribution in [3.63, 3.8) is 0 Å². The standard InChI is InChI=1S/C14H20N4O2S/c1-10-9-21-14-16-11(5-13(19)18(10)14)7-17(2)8-12-6-15-3-4-20-12/h5,9,12,15H,3-4,6-8H2,1-2H3. The summed E-state index contributed by atoms with van der Waals surface area (Å²) in [6.07, 6.45) is 0.206. The Bertz CT molecular complexity index is 675. The van der Waals surface area contributed by atoms with Crippen molar-refractivity contribution in [2.75, 3.05) is 33.3 Å². The highest BCUT2D eigenvalue weighted by Crippen LogP contribution is 2.12. The van der Waals surface area contributed by atoms with Crippen LogP contribution >= 0.6 is 11.3 Å². The Morgan fingerprint density at radius 3 is 3.24 bits per heavy atom. The van der Waals surface area contributed by atoms with Crippen molar-refractivity contribution in [2.45, 2.75) is 19.6 Å². The van der Waals surface area contributed by atoms with Crippen LogP contribution < -0.4 is 10.9 Å². The van der Waals surface area contributed by atoms with Crippen molar-refractivity contribution in [1.82, 2.24) is 19.6 Å². The Hall–Kier alpha value is -1.28. The van der Waals surface area contributed by atoms with Gasteiger partial charge >= 0.3 is 0 Å². The first-order chi connectivity index (χ1) is 10.1. The van der Waals surface area contributed by atoms with Crippen LogP contribution in [0.3, 0.4) is 0 Å². The summed E-state index contributed by atoms with van der Waals surface area (Å²) in [5, 5.41) is 5.28. The minimum atomic E-state index is -0.00210. The molecular formula is C14H20N4O2S. The number of aryl methyl sites for hydroxylation is 1. The van der Waals surface area contributed by atoms with Crippen LogP contribution in [0, 0.1) is 6.92 Å². The number of nitrogens with zero attached hydrogens (tertiary/aromatic N) is 3. The Morgan fingerprint density at radius 1 is 1.62 bits per heavy atom. The van der Waals surface area contributed by atoms with Crippen LogP contribution in [0.2, 0.25) is 0 Å². The van der Waals surface area contributed by atoms with E-state index in [0.717, 1.165) is 42.6 Å². The van der Waals surface area contributed by atoms with Crippen LogP contribution in [0.25, 0.3) is 4.96 Å². The third-order valence-corrected chi connectivity index (χ3v) is 4.52. The molecule has 0 aliphatic carbocycles. The number of hydrogen-bond acceptors (Lipinski definition) is 6. The van der Waals surface area contributed by atoms with Gasteiger partial charge in [-0.05, 0) is 14.0 Å². The highest BCUT2D eigenvalue weighted by Gasteiger charge is 2.16. The molecule has 21 heavy (non-hydrogen) atoms. The molecule has 1 unspecified atom stereocenters. The minimum Gasteiger partial charge on any atom is -0.374 e. The minimum absolute atomic E-state index is 0.00210. The number of nitrogens with one attached hydrogen (secondary N) is 1. The lowest BCUT2D eigenvalue weighted by atomic mass is 10.2. The number of thiazole rings is 1. The van der Waals surface area contributed by atoms with Crippen LogP contribution in [-0.2, 0) is 11.3 Å². The quantitative estimate of drug-likeness (QED) is 0.890. The highest BCUT2D eigenvalue weighted by molar-refractivity contribution is 7.15. The topological polar surface area (TPSA) is 58.9 Å². The fourth-order valence-corrected chi connectivity index (χ4v) is 3.50. The summed E-state index contributed by atoms with van der Waals surface area (Å²) < 4.78 is 7.35. The predicted molar refractivity (Wildman–Crippen MR) is 83.0 cm³/mol. The molecule has 1 saturated heterocycles. The van der Waals surface area contributed by atoms with Crippen molar-refractivity contribution >= 4 is 16.3 Å². The number of ether oxygens (including phenoxy) is 1. The van der Waals surface area contributed by atoms with E-state index < -0.39 is 0 Å². The van der Waals surface area contributed by atoms with E-state index in [4.69, 9.17) is 4.74 Å². The van der Waals surface area contributed by atoms with Gasteiger partial charge in [0.1, 0.15) is 0 Å². The van der Waals surface area contributed by atoms with E-state index in [9.17, 15) is 4.79 Å². The molecule has 1 fully saturated rings. The van der Waals surface area contributed by atoms with Crippen LogP contribution in [-0.4, -0.2) is 53.7 Å². The lowest BCUT2D eigenvalue weighted by molar-refractivity contribution is 0.00868. The molecule has 1 N–H and O–H groups in total. The Kier molecular flexibility index (Phi) is 4.34. The fourth-order valence-electron chi connectivity index (χ4n) is 2.61. The zero-order valence-corrected chi connectivity index (χ0v) is 13.2. The largest absolute Gasteiger partial charge is 0.374 e. The number of aromatic nitrogens is 2. The Balaban J connectivity index is 1.70. The molecule has 3 heterocycles. The van der Waals surface area contributed by atoms with E-state index in [1.807, 2.05) is 19.4 Å². The summed E-state index contributed by atoms with van der Waals surface area (Å²) in [6, 6.07) is 1.63. The molecule has 1 atom stereocenters. The van der Waals surface area contributed by atoms with Gasteiger partial charge in [0.15, 0.2) is 4.96 Å². The fraction of sp³-hybridized carbons (Fsp3) is 0.571. The molecule has 6 nitrogen and oxygen atoms in total. The first-order valence-electron chi connectivity index (χ1n) is 7.11. The first-order valence-corrected chi connectivity index (χ1v) is 7.99. The number of morpholine rings is 1. The maximum absolute atomic E-state index is 12.1. The summed E-state index contributed by atoms with van der Waals surface area (Å²) in [6.45, 7) is 5.97. The number of fused-ring (bicyclic) bond motifs is 1. The van der Waals surface area contributed by atoms with E-state index in [-0.39, 0.29) is 11.7 Å². The van der Waals surface area contributed by atoms with Gasteiger partial charge in [0.05, 0.1) is 18.4 Å². The van der Waals surface area contributed by atoms with E-state index in [1.54, 1.807) is 10.5 Å². The summed E-state index contributed by atoms with van der Waals surface area (Å²) in [7, 11) is 2.03. The van der Waals surface area contributed by atoms with Gasteiger partial charge in [0.2, 0.25) is 0 Å². The molecule has 1 aliphatic rings. The molecule has 0 aromatic carbocycles. The second kappa shape index (κ2) is 6.23. The molecule has 114 valence electrons. The molecule has 0 bridgehead atoms. The first kappa shape index (κ1) is 14.6. The molecule has 0 amide bonds. The van der Waals surface area contributed by atoms with Gasteiger partial charge in [-0.15, -0.1) is 11.3 Å². The monoisotopic (exact) mass is 308 g/mol. The highest BCUT2D eigenvalue weighted by atomic mass is 32.1. The lowest BCUT2D eigenvalue weighted by Gasteiger charge is -2.27. The zero-order chi connectivity index (χ0) is 14.8. The molecule has 3 rings (SSSR count). The van der Waals surface area contributed by atoms with E-state index >= 15 is 0 Å². The van der Waals surface area contributed by atoms with Crippen molar-refractivity contribution < 1.29 is 4.74 Å². The summed E-state index contributed by atoms with van der Waals surface area (Å²) in [5.74, 6) is 0. The molecular weight excluding hydrogens is 288 g/mol. The zero-order valence-electron chi connectivity index (χ0n) is 12.3. The van der Waals surface area contributed by atoms with Crippen LogP contribution in [0.1, 0.15) is 11.4 Å². The second-order valence-corrected chi connectivity index (χ2v) is 6.31. The van der Waals surface area contributed by atoms with Crippen LogP contribution in [0.4, 0.5) is 0 Å². The lowest BCUT2D eigenvalue weighted by Crippen LogP contribution is -2.44. The molecule has 1 aliphatic heterocycles. The van der Waals surface area contributed by atoms with Gasteiger partial charge in [0.25, 0.3) is 5.56 Å². The average Bonchev–Trinajstić information content (AvgIpc) is 2.81. The molecule has 2 aromatic heterocycles. The van der Waals surface area contributed by atoms with Crippen molar-refractivity contribution in [3.8, 4) is 0 Å². The van der Waals surface area contributed by atoms with Crippen molar-refractivity contribution in [1.29, 1.82) is 0 Å². The molecule has 7 heteroatoms. The van der Waals surface area contributed by atoms with E-state index in [2.05, 4.69) is 15.2 Å². The summed E-state index contributed by atoms with van der Waals surface area (Å²) in [5.41, 5.74) is 1.75. The third kappa shape index (κ3) is 3.32. The van der Waals surface area contributed by atoms with Gasteiger partial charge in [-0.3, -0.25) is 14.1 Å². The maximum Gasteiger partial charge on any atom is 0.259 e. The number of rotatable bonds is 4. The Morgan fingerprint density at radius 2 is 2.48 bits per heavy atom. The van der Waals surface area contributed by atoms with Gasteiger partial charge < -0.3 is 10.1 Å². The van der Waals surface area contributed by atoms with Crippen molar-refractivity contribution in [2.24, 2.45) is 0 Å². The molecule has 0 radical (unpaired) electrons. The van der Waals surface area contributed by atoms with Gasteiger partial charge in [-0.2, -0.15) is 0 Å². The third-order valence-electron chi connectivity index (χ3n) is 3.58. The molecule has 2 aromatic rings. The number of hydrogen-bond donors (Lipinski definition) is 1. The van der Waals surface area contributed by atoms with E-state index in [0.29, 0.717) is 6.54 Å². The van der Waals surface area contributed by atoms with Crippen LogP contribution in [0.15, 0.2) is 16.2 Å². The maximum atomic E-state index is 12.1. The number of likely N-dealkylation sites (N-methyl/N-ethyl adjacent to an activating group) is 1. The normalized spacial score (nSPS) is 19.5. The SMILES string of the molecule is Cc1csc2nc(CN(C)CC3CNCCO3)cc(=O)n12. The van der Waals surface area contributed by atoms with Gasteiger partial charge in [0, 0.05) is 43.3 Å². The van der Waals surface area contributed by atoms with Gasteiger partial charge in [-0.1, -0.05) is 0 Å². The summed E-state index contributed by atoms with van der Waals surface area (Å²) >= 11 is 1.50. The molecule has 0 saturated carbocycles. The smallest absolute Gasteiger partial charge is 0.259 e. The second-order valence-electron chi connectivity index (χ2n) is 5.47. The van der Waals surface area contributed by atoms with E-state index in [1.165, 1.54) is 11.3 Å². The van der Waals surface area contributed by atoms with Gasteiger partial charge in [-0.25, -0.2) is 4.98 Å². The molecule has 0 spiro atoms. The average molecular weight is 308 g/mol. The summed E-state index contributed by atoms with van der Waals surface area (Å²) in [4.78, 5) is 19.6.